The number of carbonyl (C=O) groups excluding carboxylic acids is 2. The summed E-state index contributed by atoms with van der Waals surface area (Å²) in [4.78, 5) is 26.8. The Morgan fingerprint density at radius 1 is 1.08 bits per heavy atom. The zero-order valence-electron chi connectivity index (χ0n) is 15.6. The van der Waals surface area contributed by atoms with Crippen molar-refractivity contribution in [2.75, 3.05) is 13.6 Å². The summed E-state index contributed by atoms with van der Waals surface area (Å²) in [6, 6.07) is 0. The molecule has 3 saturated carbocycles. The SMILES string of the molecule is CC1C[C@@H]2[C@H](CC[C@]3(C)C(=O)CC[C@@H]23)[C@@]2(C)CCN(C)C(=O)C=C12. The van der Waals surface area contributed by atoms with Crippen molar-refractivity contribution in [2.45, 2.75) is 59.3 Å². The summed E-state index contributed by atoms with van der Waals surface area (Å²) in [6.07, 6.45) is 8.29. The molecule has 1 amide bonds. The van der Waals surface area contributed by atoms with E-state index in [1.54, 1.807) is 0 Å². The maximum atomic E-state index is 12.5. The molecule has 0 aromatic carbocycles. The van der Waals surface area contributed by atoms with Gasteiger partial charge in [0.1, 0.15) is 5.78 Å². The first-order chi connectivity index (χ1) is 11.3. The summed E-state index contributed by atoms with van der Waals surface area (Å²) < 4.78 is 0. The molecule has 0 aromatic rings. The zero-order chi connectivity index (χ0) is 17.3. The largest absolute Gasteiger partial charge is 0.342 e. The highest BCUT2D eigenvalue weighted by atomic mass is 16.2. The van der Waals surface area contributed by atoms with E-state index in [2.05, 4.69) is 20.8 Å². The molecule has 0 N–H and O–H groups in total. The van der Waals surface area contributed by atoms with Crippen LogP contribution >= 0.6 is 0 Å². The van der Waals surface area contributed by atoms with Crippen molar-refractivity contribution in [2.24, 2.45) is 34.5 Å². The van der Waals surface area contributed by atoms with E-state index in [4.69, 9.17) is 0 Å². The first-order valence-electron chi connectivity index (χ1n) is 9.78. The van der Waals surface area contributed by atoms with E-state index in [0.29, 0.717) is 29.5 Å². The van der Waals surface area contributed by atoms with Gasteiger partial charge in [0.05, 0.1) is 0 Å². The Kier molecular flexibility index (Phi) is 3.54. The quantitative estimate of drug-likeness (QED) is 0.677. The van der Waals surface area contributed by atoms with Crippen LogP contribution in [0.5, 0.6) is 0 Å². The molecule has 0 bridgehead atoms. The number of Topliss-reactive ketones (excluding diaryl/α,β-unsaturated/α-hetero) is 1. The average Bonchev–Trinajstić information content (AvgIpc) is 2.78. The molecule has 1 heterocycles. The molecule has 3 heteroatoms. The first-order valence-corrected chi connectivity index (χ1v) is 9.78. The normalized spacial score (nSPS) is 48.3. The summed E-state index contributed by atoms with van der Waals surface area (Å²) in [5.74, 6) is 3.02. The molecule has 1 unspecified atom stereocenters. The number of carbonyl (C=O) groups is 2. The number of hydrogen-bond acceptors (Lipinski definition) is 2. The molecule has 0 spiro atoms. The van der Waals surface area contributed by atoms with E-state index in [0.717, 1.165) is 45.1 Å². The van der Waals surface area contributed by atoms with Crippen molar-refractivity contribution in [1.29, 1.82) is 0 Å². The number of nitrogens with zero attached hydrogens (tertiary/aromatic N) is 1. The molecule has 3 fully saturated rings. The minimum atomic E-state index is -0.0597. The lowest BCUT2D eigenvalue weighted by Crippen LogP contribution is -2.51. The van der Waals surface area contributed by atoms with Crippen molar-refractivity contribution < 1.29 is 9.59 Å². The van der Waals surface area contributed by atoms with E-state index in [-0.39, 0.29) is 16.7 Å². The predicted octanol–water partition coefficient (Wildman–Crippen LogP) is 3.83. The van der Waals surface area contributed by atoms with Crippen molar-refractivity contribution >= 4 is 11.7 Å². The van der Waals surface area contributed by atoms with Crippen molar-refractivity contribution in [3.63, 3.8) is 0 Å². The number of hydrogen-bond donors (Lipinski definition) is 0. The summed E-state index contributed by atoms with van der Waals surface area (Å²) in [5.41, 5.74) is 1.47. The Bertz CT molecular complexity index is 623. The van der Waals surface area contributed by atoms with Gasteiger partial charge in [0.25, 0.3) is 0 Å². The second kappa shape index (κ2) is 5.19. The highest BCUT2D eigenvalue weighted by Crippen LogP contribution is 2.64. The zero-order valence-corrected chi connectivity index (χ0v) is 15.6. The van der Waals surface area contributed by atoms with E-state index in [1.165, 1.54) is 5.57 Å². The summed E-state index contributed by atoms with van der Waals surface area (Å²) >= 11 is 0. The van der Waals surface area contributed by atoms with Gasteiger partial charge in [0, 0.05) is 31.5 Å². The van der Waals surface area contributed by atoms with E-state index < -0.39 is 0 Å². The molecule has 4 rings (SSSR count). The van der Waals surface area contributed by atoms with Crippen LogP contribution in [0.2, 0.25) is 0 Å². The molecule has 4 aliphatic rings. The maximum Gasteiger partial charge on any atom is 0.246 e. The maximum absolute atomic E-state index is 12.5. The third kappa shape index (κ3) is 2.02. The predicted molar refractivity (Wildman–Crippen MR) is 94.3 cm³/mol. The highest BCUT2D eigenvalue weighted by molar-refractivity contribution is 5.89. The van der Waals surface area contributed by atoms with Crippen LogP contribution in [0.1, 0.15) is 59.3 Å². The fourth-order valence-corrected chi connectivity index (χ4v) is 6.88. The number of amides is 1. The van der Waals surface area contributed by atoms with Crippen molar-refractivity contribution in [3.05, 3.63) is 11.6 Å². The third-order valence-electron chi connectivity index (χ3n) is 8.40. The second-order valence-corrected chi connectivity index (χ2v) is 9.46. The molecule has 3 nitrogen and oxygen atoms in total. The van der Waals surface area contributed by atoms with E-state index >= 15 is 0 Å². The van der Waals surface area contributed by atoms with Crippen LogP contribution in [-0.2, 0) is 9.59 Å². The highest BCUT2D eigenvalue weighted by Gasteiger charge is 2.59. The number of fused-ring (bicyclic) bond motifs is 5. The van der Waals surface area contributed by atoms with Gasteiger partial charge in [0.15, 0.2) is 0 Å². The Balaban J connectivity index is 1.74. The molecule has 1 aliphatic heterocycles. The Morgan fingerprint density at radius 2 is 1.79 bits per heavy atom. The Hall–Kier alpha value is -1.12. The van der Waals surface area contributed by atoms with Crippen molar-refractivity contribution in [1.82, 2.24) is 4.90 Å². The van der Waals surface area contributed by atoms with Crippen LogP contribution in [0.3, 0.4) is 0 Å². The van der Waals surface area contributed by atoms with E-state index in [1.807, 2.05) is 18.0 Å². The van der Waals surface area contributed by atoms with Gasteiger partial charge >= 0.3 is 0 Å². The van der Waals surface area contributed by atoms with Gasteiger partial charge < -0.3 is 4.90 Å². The molecule has 0 aromatic heterocycles. The minimum Gasteiger partial charge on any atom is -0.342 e. The summed E-state index contributed by atoms with van der Waals surface area (Å²) in [6.45, 7) is 7.82. The van der Waals surface area contributed by atoms with Gasteiger partial charge in [-0.2, -0.15) is 0 Å². The van der Waals surface area contributed by atoms with Gasteiger partial charge in [-0.3, -0.25) is 9.59 Å². The van der Waals surface area contributed by atoms with Gasteiger partial charge in [-0.05, 0) is 61.2 Å². The third-order valence-corrected chi connectivity index (χ3v) is 8.40. The van der Waals surface area contributed by atoms with Crippen molar-refractivity contribution in [3.8, 4) is 0 Å². The molecule has 0 radical (unpaired) electrons. The second-order valence-electron chi connectivity index (χ2n) is 9.46. The van der Waals surface area contributed by atoms with Crippen LogP contribution < -0.4 is 0 Å². The monoisotopic (exact) mass is 329 g/mol. The molecule has 3 aliphatic carbocycles. The lowest BCUT2D eigenvalue weighted by atomic mass is 9.47. The van der Waals surface area contributed by atoms with Gasteiger partial charge in [-0.15, -0.1) is 0 Å². The smallest absolute Gasteiger partial charge is 0.246 e. The van der Waals surface area contributed by atoms with E-state index in [9.17, 15) is 9.59 Å². The number of allylic oxidation sites excluding steroid dienone is 1. The number of rotatable bonds is 0. The topological polar surface area (TPSA) is 37.4 Å². The molecule has 0 saturated heterocycles. The van der Waals surface area contributed by atoms with Crippen LogP contribution in [-0.4, -0.2) is 30.2 Å². The lowest BCUT2D eigenvalue weighted by Gasteiger charge is -2.57. The van der Waals surface area contributed by atoms with Gasteiger partial charge in [-0.25, -0.2) is 0 Å². The summed E-state index contributed by atoms with van der Waals surface area (Å²) in [5, 5.41) is 0. The standard InChI is InChI=1S/C21H31NO2/c1-13-11-14-15-5-6-18(23)21(15,3)8-7-16(14)20(2)9-10-22(4)19(24)12-17(13)20/h12-16H,5-11H2,1-4H3/t13?,14-,15-,16-,20+,21-/m0/s1. The Morgan fingerprint density at radius 3 is 2.54 bits per heavy atom. The summed E-state index contributed by atoms with van der Waals surface area (Å²) in [7, 11) is 1.93. The van der Waals surface area contributed by atoms with Gasteiger partial charge in [-0.1, -0.05) is 26.3 Å². The molecule has 132 valence electrons. The van der Waals surface area contributed by atoms with Gasteiger partial charge in [0.2, 0.25) is 5.91 Å². The fraction of sp³-hybridized carbons (Fsp3) is 0.810. The first kappa shape index (κ1) is 16.4. The van der Waals surface area contributed by atoms with Crippen LogP contribution in [0, 0.1) is 34.5 Å². The molecule has 6 atom stereocenters. The average molecular weight is 329 g/mol. The van der Waals surface area contributed by atoms with Crippen LogP contribution in [0.4, 0.5) is 0 Å². The minimum absolute atomic E-state index is 0.0597. The molecular formula is C21H31NO2. The molecular weight excluding hydrogens is 298 g/mol. The van der Waals surface area contributed by atoms with Crippen LogP contribution in [0.15, 0.2) is 11.6 Å². The lowest BCUT2D eigenvalue weighted by molar-refractivity contribution is -0.133. The Labute approximate surface area is 145 Å². The fourth-order valence-electron chi connectivity index (χ4n) is 6.88. The number of ketones is 1. The van der Waals surface area contributed by atoms with Crippen LogP contribution in [0.25, 0.3) is 0 Å². The number of likely N-dealkylation sites (N-methyl/N-ethyl adjacent to an activating group) is 1. The molecule has 24 heavy (non-hydrogen) atoms.